The van der Waals surface area contributed by atoms with E-state index in [1.54, 1.807) is 0 Å². The van der Waals surface area contributed by atoms with Crippen molar-refractivity contribution in [3.63, 3.8) is 0 Å². The van der Waals surface area contributed by atoms with Crippen LogP contribution < -0.4 is 0 Å². The minimum absolute atomic E-state index is 0.0554. The van der Waals surface area contributed by atoms with Crippen LogP contribution >= 0.6 is 0 Å². The van der Waals surface area contributed by atoms with Crippen molar-refractivity contribution in [1.82, 2.24) is 0 Å². The van der Waals surface area contributed by atoms with Crippen molar-refractivity contribution in [2.45, 2.75) is 18.9 Å². The van der Waals surface area contributed by atoms with Gasteiger partial charge < -0.3 is 9.84 Å². The Kier molecular flexibility index (Phi) is 1.46. The van der Waals surface area contributed by atoms with Gasteiger partial charge >= 0.3 is 5.97 Å². The van der Waals surface area contributed by atoms with E-state index in [1.807, 2.05) is 6.08 Å². The lowest BCUT2D eigenvalue weighted by Crippen LogP contribution is -2.30. The van der Waals surface area contributed by atoms with Crippen molar-refractivity contribution in [2.75, 3.05) is 6.61 Å². The van der Waals surface area contributed by atoms with Crippen LogP contribution in [0.4, 0.5) is 0 Å². The van der Waals surface area contributed by atoms with Gasteiger partial charge in [0.15, 0.2) is 0 Å². The standard InChI is InChI=1S/C8H10O3/c9-4-7-5-1-2-6(3-5)8(10)11-7/h3,5,7,9H,1-2,4H2. The van der Waals surface area contributed by atoms with Gasteiger partial charge in [-0.3, -0.25) is 0 Å². The molecule has 2 atom stereocenters. The molecule has 0 amide bonds. The number of esters is 1. The summed E-state index contributed by atoms with van der Waals surface area (Å²) in [6.07, 6.45) is 3.42. The van der Waals surface area contributed by atoms with E-state index in [0.717, 1.165) is 18.4 Å². The van der Waals surface area contributed by atoms with Crippen LogP contribution in [0.2, 0.25) is 0 Å². The molecule has 0 saturated heterocycles. The van der Waals surface area contributed by atoms with Gasteiger partial charge in [-0.05, 0) is 12.8 Å². The zero-order chi connectivity index (χ0) is 7.84. The van der Waals surface area contributed by atoms with Crippen LogP contribution in [0.5, 0.6) is 0 Å². The highest BCUT2D eigenvalue weighted by molar-refractivity contribution is 5.90. The molecule has 1 N–H and O–H groups in total. The van der Waals surface area contributed by atoms with Gasteiger partial charge in [0.1, 0.15) is 6.10 Å². The van der Waals surface area contributed by atoms with Gasteiger partial charge in [0, 0.05) is 11.5 Å². The third-order valence-corrected chi connectivity index (χ3v) is 2.34. The summed E-state index contributed by atoms with van der Waals surface area (Å²) in [5.74, 6) is 0.0329. The van der Waals surface area contributed by atoms with E-state index in [4.69, 9.17) is 9.84 Å². The number of cyclic esters (lactones) is 1. The quantitative estimate of drug-likeness (QED) is 0.550. The van der Waals surface area contributed by atoms with Crippen LogP contribution in [0.1, 0.15) is 12.8 Å². The SMILES string of the molecule is O=C1OC(CO)C2C=C1CC2. The first-order valence-corrected chi connectivity index (χ1v) is 3.84. The zero-order valence-electron chi connectivity index (χ0n) is 6.12. The van der Waals surface area contributed by atoms with Crippen LogP contribution in [0.3, 0.4) is 0 Å². The van der Waals surface area contributed by atoms with E-state index >= 15 is 0 Å². The van der Waals surface area contributed by atoms with Gasteiger partial charge in [-0.1, -0.05) is 6.08 Å². The Morgan fingerprint density at radius 2 is 2.55 bits per heavy atom. The molecule has 0 saturated carbocycles. The molecule has 0 aromatic heterocycles. The summed E-state index contributed by atoms with van der Waals surface area (Å²) < 4.78 is 4.97. The van der Waals surface area contributed by atoms with Gasteiger partial charge in [-0.25, -0.2) is 4.79 Å². The molecule has 60 valence electrons. The van der Waals surface area contributed by atoms with E-state index in [1.165, 1.54) is 0 Å². The Hall–Kier alpha value is -0.830. The summed E-state index contributed by atoms with van der Waals surface area (Å²) in [5, 5.41) is 8.82. The monoisotopic (exact) mass is 154 g/mol. The molecule has 11 heavy (non-hydrogen) atoms. The molecule has 2 bridgehead atoms. The van der Waals surface area contributed by atoms with Crippen molar-refractivity contribution in [3.8, 4) is 0 Å². The van der Waals surface area contributed by atoms with E-state index in [0.29, 0.717) is 0 Å². The van der Waals surface area contributed by atoms with E-state index in [9.17, 15) is 4.79 Å². The smallest absolute Gasteiger partial charge is 0.334 e. The largest absolute Gasteiger partial charge is 0.456 e. The maximum Gasteiger partial charge on any atom is 0.334 e. The second-order valence-corrected chi connectivity index (χ2v) is 3.02. The number of rotatable bonds is 1. The molecule has 0 aromatic carbocycles. The minimum Gasteiger partial charge on any atom is -0.456 e. The summed E-state index contributed by atoms with van der Waals surface area (Å²) in [4.78, 5) is 11.0. The molecule has 3 heteroatoms. The average molecular weight is 154 g/mol. The Bertz CT molecular complexity index is 219. The molecule has 1 aliphatic heterocycles. The Balaban J connectivity index is 2.22. The van der Waals surface area contributed by atoms with Crippen LogP contribution in [0.15, 0.2) is 11.6 Å². The third kappa shape index (κ3) is 0.959. The average Bonchev–Trinajstić information content (AvgIpc) is 2.43. The lowest BCUT2D eigenvalue weighted by Gasteiger charge is -2.21. The minimum atomic E-state index is -0.284. The fourth-order valence-electron chi connectivity index (χ4n) is 1.68. The first-order chi connectivity index (χ1) is 5.31. The van der Waals surface area contributed by atoms with E-state index in [-0.39, 0.29) is 24.6 Å². The first kappa shape index (κ1) is 6.85. The Morgan fingerprint density at radius 3 is 3.27 bits per heavy atom. The number of carbonyl (C=O) groups excluding carboxylic acids is 1. The summed E-state index contributed by atoms with van der Waals surface area (Å²) in [7, 11) is 0. The predicted octanol–water partition coefficient (Wildman–Crippen LogP) is 0.240. The van der Waals surface area contributed by atoms with Crippen LogP contribution in [0, 0.1) is 5.92 Å². The molecule has 2 unspecified atom stereocenters. The van der Waals surface area contributed by atoms with Gasteiger partial charge in [-0.15, -0.1) is 0 Å². The van der Waals surface area contributed by atoms with Crippen LogP contribution in [-0.4, -0.2) is 23.8 Å². The number of hydrogen-bond donors (Lipinski definition) is 1. The van der Waals surface area contributed by atoms with Crippen molar-refractivity contribution < 1.29 is 14.6 Å². The number of carbonyl (C=O) groups is 1. The van der Waals surface area contributed by atoms with Gasteiger partial charge in [0.2, 0.25) is 0 Å². The molecule has 0 aromatic rings. The molecular weight excluding hydrogens is 144 g/mol. The van der Waals surface area contributed by atoms with Gasteiger partial charge in [0.05, 0.1) is 6.61 Å². The summed E-state index contributed by atoms with van der Waals surface area (Å²) in [6, 6.07) is 0. The topological polar surface area (TPSA) is 46.5 Å². The molecule has 0 spiro atoms. The van der Waals surface area contributed by atoms with Crippen molar-refractivity contribution >= 4 is 5.97 Å². The Labute approximate surface area is 64.7 Å². The highest BCUT2D eigenvalue weighted by Crippen LogP contribution is 2.33. The van der Waals surface area contributed by atoms with Gasteiger partial charge in [0.25, 0.3) is 0 Å². The third-order valence-electron chi connectivity index (χ3n) is 2.34. The van der Waals surface area contributed by atoms with E-state index in [2.05, 4.69) is 0 Å². The summed E-state index contributed by atoms with van der Waals surface area (Å²) in [6.45, 7) is -0.0554. The normalized spacial score (nSPS) is 35.0. The van der Waals surface area contributed by atoms with Crippen molar-refractivity contribution in [1.29, 1.82) is 0 Å². The molecule has 0 radical (unpaired) electrons. The lowest BCUT2D eigenvalue weighted by molar-refractivity contribution is -0.148. The fourth-order valence-corrected chi connectivity index (χ4v) is 1.68. The number of hydrogen-bond acceptors (Lipinski definition) is 3. The first-order valence-electron chi connectivity index (χ1n) is 3.84. The molecular formula is C8H10O3. The van der Waals surface area contributed by atoms with Crippen molar-refractivity contribution in [3.05, 3.63) is 11.6 Å². The second kappa shape index (κ2) is 2.34. The number of fused-ring (bicyclic) bond motifs is 1. The molecule has 2 rings (SSSR count). The second-order valence-electron chi connectivity index (χ2n) is 3.02. The molecule has 2 aliphatic rings. The highest BCUT2D eigenvalue weighted by Gasteiger charge is 2.35. The molecule has 1 heterocycles. The predicted molar refractivity (Wildman–Crippen MR) is 37.8 cm³/mol. The maximum atomic E-state index is 11.0. The zero-order valence-corrected chi connectivity index (χ0v) is 6.12. The number of ether oxygens (including phenoxy) is 1. The molecule has 0 fully saturated rings. The summed E-state index contributed by atoms with van der Waals surface area (Å²) in [5.41, 5.74) is 0.791. The molecule has 1 aliphatic carbocycles. The fraction of sp³-hybridized carbons (Fsp3) is 0.625. The van der Waals surface area contributed by atoms with Crippen LogP contribution in [-0.2, 0) is 9.53 Å². The van der Waals surface area contributed by atoms with Gasteiger partial charge in [-0.2, -0.15) is 0 Å². The highest BCUT2D eigenvalue weighted by atomic mass is 16.6. The maximum absolute atomic E-state index is 11.0. The summed E-state index contributed by atoms with van der Waals surface area (Å²) >= 11 is 0. The number of aliphatic hydroxyl groups excluding tert-OH is 1. The number of aliphatic hydroxyl groups is 1. The van der Waals surface area contributed by atoms with E-state index < -0.39 is 0 Å². The van der Waals surface area contributed by atoms with Crippen molar-refractivity contribution in [2.24, 2.45) is 5.92 Å². The lowest BCUT2D eigenvalue weighted by atomic mass is 10.0. The Morgan fingerprint density at radius 1 is 1.73 bits per heavy atom. The molecule has 3 nitrogen and oxygen atoms in total. The van der Waals surface area contributed by atoms with Crippen LogP contribution in [0.25, 0.3) is 0 Å².